The summed E-state index contributed by atoms with van der Waals surface area (Å²) >= 11 is 0. The molecule has 0 unspecified atom stereocenters. The quantitative estimate of drug-likeness (QED) is 0.721. The van der Waals surface area contributed by atoms with Gasteiger partial charge in [0.25, 0.3) is 0 Å². The van der Waals surface area contributed by atoms with Crippen LogP contribution in [0.2, 0.25) is 0 Å². The van der Waals surface area contributed by atoms with Crippen molar-refractivity contribution in [2.75, 3.05) is 19.7 Å². The van der Waals surface area contributed by atoms with Gasteiger partial charge in [0.2, 0.25) is 0 Å². The van der Waals surface area contributed by atoms with Crippen LogP contribution in [0, 0.1) is 11.3 Å². The lowest BCUT2D eigenvalue weighted by molar-refractivity contribution is 0.0880. The Kier molecular flexibility index (Phi) is 5.69. The average molecular weight is 215 g/mol. The number of carbonyl (C=O) groups is 1. The molecule has 0 saturated carbocycles. The normalized spacial score (nSPS) is 11.7. The van der Waals surface area contributed by atoms with Gasteiger partial charge >= 0.3 is 6.09 Å². The highest BCUT2D eigenvalue weighted by Gasteiger charge is 2.22. The summed E-state index contributed by atoms with van der Waals surface area (Å²) in [5.74, 6) is 0.469. The van der Waals surface area contributed by atoms with Crippen LogP contribution in [-0.4, -0.2) is 30.7 Å². The number of amides is 1. The van der Waals surface area contributed by atoms with Crippen LogP contribution in [0.25, 0.3) is 0 Å². The Balaban J connectivity index is 4.37. The lowest BCUT2D eigenvalue weighted by atomic mass is 9.96. The van der Waals surface area contributed by atoms with E-state index in [1.54, 1.807) is 4.90 Å². The molecule has 0 aliphatic heterocycles. The predicted molar refractivity (Wildman–Crippen MR) is 62.9 cm³/mol. The number of nitrogens with zero attached hydrogens (tertiary/aromatic N) is 1. The van der Waals surface area contributed by atoms with Gasteiger partial charge < -0.3 is 9.64 Å². The molecule has 0 aliphatic carbocycles. The first kappa shape index (κ1) is 14.3. The average Bonchev–Trinajstić information content (AvgIpc) is 1.99. The molecule has 0 N–H and O–H groups in total. The number of carbonyl (C=O) groups excluding carboxylic acids is 1. The third-order valence-corrected chi connectivity index (χ3v) is 1.78. The molecule has 15 heavy (non-hydrogen) atoms. The van der Waals surface area contributed by atoms with Crippen molar-refractivity contribution in [2.45, 2.75) is 41.5 Å². The second-order valence-electron chi connectivity index (χ2n) is 5.53. The van der Waals surface area contributed by atoms with Crippen LogP contribution in [0.5, 0.6) is 0 Å². The minimum absolute atomic E-state index is 0.113. The highest BCUT2D eigenvalue weighted by atomic mass is 16.6. The number of rotatable bonds is 4. The number of ether oxygens (including phenoxy) is 1. The van der Waals surface area contributed by atoms with E-state index in [2.05, 4.69) is 34.6 Å². The van der Waals surface area contributed by atoms with E-state index in [1.807, 2.05) is 6.92 Å². The highest BCUT2D eigenvalue weighted by molar-refractivity contribution is 5.67. The van der Waals surface area contributed by atoms with Gasteiger partial charge in [0, 0.05) is 13.1 Å². The SMILES string of the molecule is CCOC(=O)N(CC(C)C)CC(C)(C)C. The fourth-order valence-electron chi connectivity index (χ4n) is 1.43. The summed E-state index contributed by atoms with van der Waals surface area (Å²) < 4.78 is 5.04. The topological polar surface area (TPSA) is 29.5 Å². The molecular weight excluding hydrogens is 190 g/mol. The van der Waals surface area contributed by atoms with E-state index >= 15 is 0 Å². The van der Waals surface area contributed by atoms with Crippen LogP contribution in [0.4, 0.5) is 4.79 Å². The molecule has 0 radical (unpaired) electrons. The van der Waals surface area contributed by atoms with Crippen molar-refractivity contribution in [1.29, 1.82) is 0 Å². The third-order valence-electron chi connectivity index (χ3n) is 1.78. The van der Waals surface area contributed by atoms with Crippen molar-refractivity contribution in [3.05, 3.63) is 0 Å². The van der Waals surface area contributed by atoms with Crippen molar-refractivity contribution in [3.8, 4) is 0 Å². The molecule has 3 nitrogen and oxygen atoms in total. The largest absolute Gasteiger partial charge is 0.450 e. The lowest BCUT2D eigenvalue weighted by Gasteiger charge is -2.30. The van der Waals surface area contributed by atoms with Crippen LogP contribution < -0.4 is 0 Å². The fraction of sp³-hybridized carbons (Fsp3) is 0.917. The molecule has 90 valence electrons. The summed E-state index contributed by atoms with van der Waals surface area (Å²) in [4.78, 5) is 13.5. The van der Waals surface area contributed by atoms with Crippen LogP contribution in [0.1, 0.15) is 41.5 Å². The summed E-state index contributed by atoms with van der Waals surface area (Å²) in [5.41, 5.74) is 0.113. The zero-order valence-corrected chi connectivity index (χ0v) is 11.0. The minimum Gasteiger partial charge on any atom is -0.450 e. The highest BCUT2D eigenvalue weighted by Crippen LogP contribution is 2.16. The maximum atomic E-state index is 11.7. The Morgan fingerprint density at radius 3 is 2.20 bits per heavy atom. The number of hydrogen-bond donors (Lipinski definition) is 0. The minimum atomic E-state index is -0.193. The van der Waals surface area contributed by atoms with E-state index < -0.39 is 0 Å². The fourth-order valence-corrected chi connectivity index (χ4v) is 1.43. The lowest BCUT2D eigenvalue weighted by Crippen LogP contribution is -2.40. The van der Waals surface area contributed by atoms with Gasteiger partial charge in [-0.15, -0.1) is 0 Å². The molecule has 0 aromatic heterocycles. The van der Waals surface area contributed by atoms with Crippen molar-refractivity contribution in [3.63, 3.8) is 0 Å². The second kappa shape index (κ2) is 5.99. The Labute approximate surface area is 93.8 Å². The van der Waals surface area contributed by atoms with Gasteiger partial charge in [0.15, 0.2) is 0 Å². The zero-order chi connectivity index (χ0) is 12.1. The first-order chi connectivity index (χ1) is 6.76. The molecule has 1 amide bonds. The molecular formula is C12H25NO2. The smallest absolute Gasteiger partial charge is 0.409 e. The molecule has 0 rings (SSSR count). The van der Waals surface area contributed by atoms with Crippen molar-refractivity contribution in [2.24, 2.45) is 11.3 Å². The molecule has 0 bridgehead atoms. The molecule has 3 heteroatoms. The monoisotopic (exact) mass is 215 g/mol. The van der Waals surface area contributed by atoms with Crippen molar-refractivity contribution in [1.82, 2.24) is 4.90 Å². The van der Waals surface area contributed by atoms with Crippen molar-refractivity contribution >= 4 is 6.09 Å². The van der Waals surface area contributed by atoms with Gasteiger partial charge in [-0.05, 0) is 18.3 Å². The first-order valence-electron chi connectivity index (χ1n) is 5.68. The summed E-state index contributed by atoms with van der Waals surface area (Å²) in [5, 5.41) is 0. The van der Waals surface area contributed by atoms with E-state index in [4.69, 9.17) is 4.74 Å². The Hall–Kier alpha value is -0.730. The summed E-state index contributed by atoms with van der Waals surface area (Å²) in [6, 6.07) is 0. The van der Waals surface area contributed by atoms with Gasteiger partial charge in [0.1, 0.15) is 0 Å². The summed E-state index contributed by atoms with van der Waals surface area (Å²) in [7, 11) is 0. The van der Waals surface area contributed by atoms with Crippen molar-refractivity contribution < 1.29 is 9.53 Å². The number of hydrogen-bond acceptors (Lipinski definition) is 2. The molecule has 0 fully saturated rings. The molecule has 0 saturated heterocycles. The molecule has 0 aromatic carbocycles. The van der Waals surface area contributed by atoms with Crippen LogP contribution in [0.3, 0.4) is 0 Å². The van der Waals surface area contributed by atoms with Crippen LogP contribution in [-0.2, 0) is 4.74 Å². The van der Waals surface area contributed by atoms with Crippen LogP contribution >= 0.6 is 0 Å². The predicted octanol–water partition coefficient (Wildman–Crippen LogP) is 3.15. The Bertz CT molecular complexity index is 194. The van der Waals surface area contributed by atoms with Gasteiger partial charge in [0.05, 0.1) is 6.61 Å². The standard InChI is InChI=1S/C12H25NO2/c1-7-15-11(14)13(8-10(2)3)9-12(4,5)6/h10H,7-9H2,1-6H3. The molecule has 0 heterocycles. The van der Waals surface area contributed by atoms with Gasteiger partial charge in [-0.3, -0.25) is 0 Å². The molecule has 0 atom stereocenters. The van der Waals surface area contributed by atoms with E-state index in [-0.39, 0.29) is 11.5 Å². The maximum absolute atomic E-state index is 11.7. The first-order valence-corrected chi connectivity index (χ1v) is 5.68. The maximum Gasteiger partial charge on any atom is 0.409 e. The van der Waals surface area contributed by atoms with E-state index in [1.165, 1.54) is 0 Å². The van der Waals surface area contributed by atoms with E-state index in [0.29, 0.717) is 12.5 Å². The van der Waals surface area contributed by atoms with Gasteiger partial charge in [-0.25, -0.2) is 4.79 Å². The summed E-state index contributed by atoms with van der Waals surface area (Å²) in [6.07, 6.45) is -0.193. The molecule has 0 aromatic rings. The Morgan fingerprint density at radius 2 is 1.87 bits per heavy atom. The Morgan fingerprint density at radius 1 is 1.33 bits per heavy atom. The zero-order valence-electron chi connectivity index (χ0n) is 11.0. The molecule has 0 aliphatic rings. The van der Waals surface area contributed by atoms with Gasteiger partial charge in [-0.2, -0.15) is 0 Å². The molecule has 0 spiro atoms. The van der Waals surface area contributed by atoms with E-state index in [9.17, 15) is 4.79 Å². The van der Waals surface area contributed by atoms with Gasteiger partial charge in [-0.1, -0.05) is 34.6 Å². The van der Waals surface area contributed by atoms with Crippen LogP contribution in [0.15, 0.2) is 0 Å². The van der Waals surface area contributed by atoms with E-state index in [0.717, 1.165) is 13.1 Å². The second-order valence-corrected chi connectivity index (χ2v) is 5.53. The third kappa shape index (κ3) is 7.23. The summed E-state index contributed by atoms with van der Waals surface area (Å²) in [6.45, 7) is 14.4.